The molecule has 0 aliphatic carbocycles. The minimum absolute atomic E-state index is 0.0318. The van der Waals surface area contributed by atoms with Crippen LogP contribution in [0.4, 0.5) is 27.8 Å². The standard InChI is InChI=1S/C18H14F5N3O/c1-26(10-11-6-2-5-9-14(11)27-18(21,22)23)17-12-7-3-4-8-13(12)24-16(25-17)15(19)20/h2-9,15H,10H2,1H3. The van der Waals surface area contributed by atoms with E-state index in [1.54, 1.807) is 37.4 Å². The highest BCUT2D eigenvalue weighted by atomic mass is 19.4. The molecule has 0 unspecified atom stereocenters. The van der Waals surface area contributed by atoms with E-state index in [1.165, 1.54) is 23.1 Å². The van der Waals surface area contributed by atoms with Gasteiger partial charge in [0.15, 0.2) is 5.82 Å². The molecule has 0 spiro atoms. The van der Waals surface area contributed by atoms with E-state index in [0.29, 0.717) is 10.9 Å². The first kappa shape index (κ1) is 18.8. The number of fused-ring (bicyclic) bond motifs is 1. The largest absolute Gasteiger partial charge is 0.573 e. The quantitative estimate of drug-likeness (QED) is 0.575. The number of nitrogens with zero attached hydrogens (tertiary/aromatic N) is 3. The van der Waals surface area contributed by atoms with E-state index in [0.717, 1.165) is 0 Å². The van der Waals surface area contributed by atoms with Gasteiger partial charge in [-0.1, -0.05) is 30.3 Å². The second kappa shape index (κ2) is 7.34. The zero-order chi connectivity index (χ0) is 19.6. The molecular formula is C18H14F5N3O. The Morgan fingerprint density at radius 1 is 1.00 bits per heavy atom. The Bertz CT molecular complexity index is 946. The van der Waals surface area contributed by atoms with Crippen molar-refractivity contribution in [1.29, 1.82) is 0 Å². The Balaban J connectivity index is 1.99. The lowest BCUT2D eigenvalue weighted by atomic mass is 10.1. The maximum atomic E-state index is 13.1. The molecule has 2 aromatic carbocycles. The number of aromatic nitrogens is 2. The van der Waals surface area contributed by atoms with Gasteiger partial charge in [0.05, 0.1) is 5.52 Å². The third kappa shape index (κ3) is 4.42. The first-order chi connectivity index (χ1) is 12.7. The summed E-state index contributed by atoms with van der Waals surface area (Å²) in [5, 5.41) is 0.513. The molecule has 0 aliphatic rings. The minimum Gasteiger partial charge on any atom is -0.405 e. The Labute approximate surface area is 151 Å². The number of benzene rings is 2. The van der Waals surface area contributed by atoms with E-state index < -0.39 is 18.6 Å². The van der Waals surface area contributed by atoms with Crippen molar-refractivity contribution in [2.75, 3.05) is 11.9 Å². The van der Waals surface area contributed by atoms with Crippen molar-refractivity contribution in [3.8, 4) is 5.75 Å². The van der Waals surface area contributed by atoms with Crippen LogP contribution in [0.3, 0.4) is 0 Å². The maximum Gasteiger partial charge on any atom is 0.573 e. The van der Waals surface area contributed by atoms with E-state index in [-0.39, 0.29) is 23.7 Å². The zero-order valence-corrected chi connectivity index (χ0v) is 14.0. The lowest BCUT2D eigenvalue weighted by Gasteiger charge is -2.22. The van der Waals surface area contributed by atoms with Crippen LogP contribution < -0.4 is 9.64 Å². The molecule has 0 amide bonds. The van der Waals surface area contributed by atoms with Crippen molar-refractivity contribution >= 4 is 16.7 Å². The normalized spacial score (nSPS) is 11.8. The number of hydrogen-bond donors (Lipinski definition) is 0. The predicted octanol–water partition coefficient (Wildman–Crippen LogP) is 5.10. The number of rotatable bonds is 5. The third-order valence-electron chi connectivity index (χ3n) is 3.76. The number of para-hydroxylation sites is 2. The van der Waals surface area contributed by atoms with Crippen molar-refractivity contribution in [1.82, 2.24) is 9.97 Å². The van der Waals surface area contributed by atoms with Crippen LogP contribution in [-0.4, -0.2) is 23.4 Å². The maximum absolute atomic E-state index is 13.1. The predicted molar refractivity (Wildman–Crippen MR) is 89.7 cm³/mol. The van der Waals surface area contributed by atoms with Crippen LogP contribution in [0.1, 0.15) is 17.8 Å². The SMILES string of the molecule is CN(Cc1ccccc1OC(F)(F)F)c1nc(C(F)F)nc2ccccc12. The van der Waals surface area contributed by atoms with Gasteiger partial charge in [-0.05, 0) is 18.2 Å². The molecule has 0 bridgehead atoms. The Hall–Kier alpha value is -2.97. The summed E-state index contributed by atoms with van der Waals surface area (Å²) in [5.41, 5.74) is 0.558. The summed E-state index contributed by atoms with van der Waals surface area (Å²) in [6.45, 7) is -0.0318. The summed E-state index contributed by atoms with van der Waals surface area (Å²) >= 11 is 0. The molecule has 3 aromatic rings. The second-order valence-electron chi connectivity index (χ2n) is 5.73. The molecule has 9 heteroatoms. The van der Waals surface area contributed by atoms with E-state index >= 15 is 0 Å². The molecule has 142 valence electrons. The fraction of sp³-hybridized carbons (Fsp3) is 0.222. The molecule has 0 N–H and O–H groups in total. The van der Waals surface area contributed by atoms with Crippen LogP contribution in [-0.2, 0) is 6.54 Å². The second-order valence-corrected chi connectivity index (χ2v) is 5.73. The monoisotopic (exact) mass is 383 g/mol. The number of hydrogen-bond acceptors (Lipinski definition) is 4. The Morgan fingerprint density at radius 3 is 2.37 bits per heavy atom. The van der Waals surface area contributed by atoms with Gasteiger partial charge in [-0.15, -0.1) is 13.2 Å². The third-order valence-corrected chi connectivity index (χ3v) is 3.76. The molecular weight excluding hydrogens is 369 g/mol. The van der Waals surface area contributed by atoms with Crippen LogP contribution in [0.15, 0.2) is 48.5 Å². The number of anilines is 1. The summed E-state index contributed by atoms with van der Waals surface area (Å²) in [6.07, 6.45) is -7.71. The molecule has 3 rings (SSSR count). The molecule has 0 atom stereocenters. The summed E-state index contributed by atoms with van der Waals surface area (Å²) in [5.74, 6) is -0.808. The van der Waals surface area contributed by atoms with Crippen LogP contribution in [0.2, 0.25) is 0 Å². The van der Waals surface area contributed by atoms with Gasteiger partial charge in [-0.2, -0.15) is 0 Å². The van der Waals surface area contributed by atoms with Crippen molar-refractivity contribution < 1.29 is 26.7 Å². The molecule has 0 saturated heterocycles. The van der Waals surface area contributed by atoms with Gasteiger partial charge >= 0.3 is 6.36 Å². The zero-order valence-electron chi connectivity index (χ0n) is 14.0. The van der Waals surface area contributed by atoms with Crippen LogP contribution >= 0.6 is 0 Å². The molecule has 0 radical (unpaired) electrons. The Morgan fingerprint density at radius 2 is 1.67 bits per heavy atom. The minimum atomic E-state index is -4.83. The number of halogens is 5. The van der Waals surface area contributed by atoms with Crippen molar-refractivity contribution in [3.05, 3.63) is 59.9 Å². The lowest BCUT2D eigenvalue weighted by molar-refractivity contribution is -0.274. The summed E-state index contributed by atoms with van der Waals surface area (Å²) in [4.78, 5) is 9.21. The average molecular weight is 383 g/mol. The summed E-state index contributed by atoms with van der Waals surface area (Å²) in [7, 11) is 1.55. The molecule has 1 heterocycles. The van der Waals surface area contributed by atoms with Gasteiger partial charge in [0.2, 0.25) is 0 Å². The fourth-order valence-electron chi connectivity index (χ4n) is 2.66. The highest BCUT2D eigenvalue weighted by molar-refractivity contribution is 5.89. The molecule has 0 saturated carbocycles. The number of ether oxygens (including phenoxy) is 1. The van der Waals surface area contributed by atoms with Crippen LogP contribution in [0.25, 0.3) is 10.9 Å². The summed E-state index contributed by atoms with van der Waals surface area (Å²) < 4.78 is 68.1. The van der Waals surface area contributed by atoms with Crippen molar-refractivity contribution in [2.45, 2.75) is 19.3 Å². The average Bonchev–Trinajstić information content (AvgIpc) is 2.61. The molecule has 4 nitrogen and oxygen atoms in total. The van der Waals surface area contributed by atoms with Crippen LogP contribution in [0.5, 0.6) is 5.75 Å². The fourth-order valence-corrected chi connectivity index (χ4v) is 2.66. The van der Waals surface area contributed by atoms with Crippen molar-refractivity contribution in [2.24, 2.45) is 0 Å². The van der Waals surface area contributed by atoms with Gasteiger partial charge < -0.3 is 9.64 Å². The summed E-state index contributed by atoms with van der Waals surface area (Å²) in [6, 6.07) is 12.2. The van der Waals surface area contributed by atoms with Crippen molar-refractivity contribution in [3.63, 3.8) is 0 Å². The molecule has 0 fully saturated rings. The molecule has 27 heavy (non-hydrogen) atoms. The van der Waals surface area contributed by atoms with E-state index in [4.69, 9.17) is 0 Å². The Kier molecular flexibility index (Phi) is 5.11. The first-order valence-corrected chi connectivity index (χ1v) is 7.84. The highest BCUT2D eigenvalue weighted by Gasteiger charge is 2.32. The van der Waals surface area contributed by atoms with Gasteiger partial charge in [-0.25, -0.2) is 18.7 Å². The molecule has 1 aromatic heterocycles. The number of alkyl halides is 5. The van der Waals surface area contributed by atoms with Crippen LogP contribution in [0, 0.1) is 0 Å². The highest BCUT2D eigenvalue weighted by Crippen LogP contribution is 2.30. The van der Waals surface area contributed by atoms with E-state index in [9.17, 15) is 22.0 Å². The topological polar surface area (TPSA) is 38.2 Å². The first-order valence-electron chi connectivity index (χ1n) is 7.84. The van der Waals surface area contributed by atoms with E-state index in [2.05, 4.69) is 14.7 Å². The van der Waals surface area contributed by atoms with Gasteiger partial charge in [0.25, 0.3) is 6.43 Å². The van der Waals surface area contributed by atoms with Gasteiger partial charge in [0.1, 0.15) is 11.6 Å². The van der Waals surface area contributed by atoms with Gasteiger partial charge in [-0.3, -0.25) is 0 Å². The molecule has 0 aliphatic heterocycles. The lowest BCUT2D eigenvalue weighted by Crippen LogP contribution is -2.22. The smallest absolute Gasteiger partial charge is 0.405 e. The van der Waals surface area contributed by atoms with Gasteiger partial charge in [0, 0.05) is 24.5 Å². The van der Waals surface area contributed by atoms with E-state index in [1.807, 2.05) is 0 Å².